The molecular weight excluding hydrogens is 312 g/mol. The van der Waals surface area contributed by atoms with Crippen LogP contribution in [0, 0.1) is 0 Å². The average molecular weight is 337 g/mol. The van der Waals surface area contributed by atoms with E-state index in [0.29, 0.717) is 36.4 Å². The van der Waals surface area contributed by atoms with E-state index in [1.54, 1.807) is 24.3 Å². The predicted molar refractivity (Wildman–Crippen MR) is 95.8 cm³/mol. The van der Waals surface area contributed by atoms with E-state index in [2.05, 4.69) is 15.6 Å². The van der Waals surface area contributed by atoms with Gasteiger partial charge in [0.25, 0.3) is 0 Å². The number of nitrogens with zero attached hydrogens (tertiary/aromatic N) is 1. The Labute approximate surface area is 142 Å². The van der Waals surface area contributed by atoms with Gasteiger partial charge >= 0.3 is 0 Å². The summed E-state index contributed by atoms with van der Waals surface area (Å²) in [5, 5.41) is 6.75. The number of carbonyl (C=O) groups excluding carboxylic acids is 1. The highest BCUT2D eigenvalue weighted by atomic mass is 35.5. The van der Waals surface area contributed by atoms with Gasteiger partial charge in [-0.15, -0.1) is 0 Å². The highest BCUT2D eigenvalue weighted by Gasteiger charge is 2.13. The molecule has 2 rings (SSSR count). The summed E-state index contributed by atoms with van der Waals surface area (Å²) in [6.45, 7) is 0.555. The third-order valence-electron chi connectivity index (χ3n) is 3.93. The maximum atomic E-state index is 11.8. The van der Waals surface area contributed by atoms with Crippen molar-refractivity contribution in [3.05, 3.63) is 29.3 Å². The fraction of sp³-hybridized carbons (Fsp3) is 0.529. The number of guanidine groups is 1. The molecule has 1 saturated carbocycles. The van der Waals surface area contributed by atoms with Gasteiger partial charge in [0, 0.05) is 29.7 Å². The summed E-state index contributed by atoms with van der Waals surface area (Å²) in [6.07, 6.45) is 7.26. The van der Waals surface area contributed by atoms with Gasteiger partial charge in [0.2, 0.25) is 5.91 Å². The van der Waals surface area contributed by atoms with E-state index in [9.17, 15) is 4.79 Å². The van der Waals surface area contributed by atoms with Gasteiger partial charge in [0.15, 0.2) is 5.96 Å². The number of nitrogens with one attached hydrogen (secondary N) is 2. The van der Waals surface area contributed by atoms with E-state index in [0.717, 1.165) is 5.69 Å². The molecule has 1 fully saturated rings. The van der Waals surface area contributed by atoms with Crippen LogP contribution in [-0.2, 0) is 4.79 Å². The number of hydrogen-bond donors (Lipinski definition) is 3. The fourth-order valence-electron chi connectivity index (χ4n) is 2.70. The van der Waals surface area contributed by atoms with Crippen LogP contribution < -0.4 is 16.4 Å². The zero-order valence-electron chi connectivity index (χ0n) is 13.4. The molecular formula is C17H25ClN4O. The van der Waals surface area contributed by atoms with Gasteiger partial charge in [-0.2, -0.15) is 0 Å². The van der Waals surface area contributed by atoms with Gasteiger partial charge in [0.1, 0.15) is 0 Å². The molecule has 126 valence electrons. The lowest BCUT2D eigenvalue weighted by Gasteiger charge is -2.23. The van der Waals surface area contributed by atoms with Gasteiger partial charge in [0.05, 0.1) is 0 Å². The second-order valence-electron chi connectivity index (χ2n) is 5.90. The van der Waals surface area contributed by atoms with Crippen LogP contribution in [0.4, 0.5) is 5.69 Å². The molecule has 0 bridgehead atoms. The fourth-order valence-corrected chi connectivity index (χ4v) is 2.82. The molecule has 0 spiro atoms. The Kier molecular flexibility index (Phi) is 7.20. The number of carbonyl (C=O) groups is 1. The molecule has 0 radical (unpaired) electrons. The zero-order chi connectivity index (χ0) is 16.5. The van der Waals surface area contributed by atoms with Crippen molar-refractivity contribution in [3.8, 4) is 0 Å². The second kappa shape index (κ2) is 9.40. The van der Waals surface area contributed by atoms with Crippen molar-refractivity contribution in [1.82, 2.24) is 5.32 Å². The van der Waals surface area contributed by atoms with Crippen molar-refractivity contribution in [2.75, 3.05) is 11.9 Å². The Morgan fingerprint density at radius 1 is 1.22 bits per heavy atom. The topological polar surface area (TPSA) is 79.5 Å². The van der Waals surface area contributed by atoms with Crippen LogP contribution >= 0.6 is 11.6 Å². The number of rotatable bonds is 6. The van der Waals surface area contributed by atoms with Crippen LogP contribution in [0.15, 0.2) is 29.3 Å². The number of nitrogens with two attached hydrogens (primary N) is 1. The Morgan fingerprint density at radius 3 is 2.61 bits per heavy atom. The smallest absolute Gasteiger partial charge is 0.224 e. The van der Waals surface area contributed by atoms with E-state index in [-0.39, 0.29) is 5.91 Å². The normalized spacial score (nSPS) is 16.1. The molecule has 1 amide bonds. The standard InChI is InChI=1S/C17H25ClN4O/c18-13-8-10-15(11-9-13)21-16(23)7-4-12-20-17(19)22-14-5-2-1-3-6-14/h8-11,14H,1-7,12H2,(H,21,23)(H3,19,20,22). The molecule has 5 nitrogen and oxygen atoms in total. The van der Waals surface area contributed by atoms with Crippen molar-refractivity contribution in [3.63, 3.8) is 0 Å². The summed E-state index contributed by atoms with van der Waals surface area (Å²) >= 11 is 5.80. The number of hydrogen-bond acceptors (Lipinski definition) is 2. The minimum Gasteiger partial charge on any atom is -0.370 e. The molecule has 1 aromatic carbocycles. The lowest BCUT2D eigenvalue weighted by Crippen LogP contribution is -2.41. The molecule has 0 aromatic heterocycles. The quantitative estimate of drug-likeness (QED) is 0.423. The van der Waals surface area contributed by atoms with E-state index < -0.39 is 0 Å². The van der Waals surface area contributed by atoms with Crippen LogP contribution in [0.2, 0.25) is 5.02 Å². The van der Waals surface area contributed by atoms with E-state index >= 15 is 0 Å². The summed E-state index contributed by atoms with van der Waals surface area (Å²) in [7, 11) is 0. The summed E-state index contributed by atoms with van der Waals surface area (Å²) in [5.74, 6) is 0.469. The molecule has 0 aliphatic heterocycles. The molecule has 1 aliphatic rings. The Hall–Kier alpha value is -1.75. The molecule has 0 atom stereocenters. The summed E-state index contributed by atoms with van der Waals surface area (Å²) in [5.41, 5.74) is 6.64. The third kappa shape index (κ3) is 6.91. The minimum atomic E-state index is -0.0265. The molecule has 23 heavy (non-hydrogen) atoms. The number of anilines is 1. The van der Waals surface area contributed by atoms with Crippen LogP contribution in [0.1, 0.15) is 44.9 Å². The zero-order valence-corrected chi connectivity index (χ0v) is 14.1. The van der Waals surface area contributed by atoms with Gasteiger partial charge < -0.3 is 16.4 Å². The number of aliphatic imine (C=N–C) groups is 1. The molecule has 1 aliphatic carbocycles. The number of benzene rings is 1. The lowest BCUT2D eigenvalue weighted by atomic mass is 9.96. The molecule has 1 aromatic rings. The van der Waals surface area contributed by atoms with Crippen molar-refractivity contribution in [2.24, 2.45) is 10.7 Å². The van der Waals surface area contributed by atoms with Gasteiger partial charge in [-0.3, -0.25) is 9.79 Å². The summed E-state index contributed by atoms with van der Waals surface area (Å²) in [4.78, 5) is 16.1. The van der Waals surface area contributed by atoms with Crippen LogP contribution in [-0.4, -0.2) is 24.5 Å². The largest absolute Gasteiger partial charge is 0.370 e. The summed E-state index contributed by atoms with van der Waals surface area (Å²) in [6, 6.07) is 7.52. The van der Waals surface area contributed by atoms with Crippen LogP contribution in [0.25, 0.3) is 0 Å². The summed E-state index contributed by atoms with van der Waals surface area (Å²) < 4.78 is 0. The third-order valence-corrected chi connectivity index (χ3v) is 4.18. The predicted octanol–water partition coefficient (Wildman–Crippen LogP) is 3.30. The highest BCUT2D eigenvalue weighted by molar-refractivity contribution is 6.30. The molecule has 0 saturated heterocycles. The monoisotopic (exact) mass is 336 g/mol. The first-order valence-electron chi connectivity index (χ1n) is 8.25. The van der Waals surface area contributed by atoms with Crippen molar-refractivity contribution in [1.29, 1.82) is 0 Å². The van der Waals surface area contributed by atoms with Crippen LogP contribution in [0.3, 0.4) is 0 Å². The van der Waals surface area contributed by atoms with Crippen molar-refractivity contribution >= 4 is 29.2 Å². The molecule has 6 heteroatoms. The van der Waals surface area contributed by atoms with Gasteiger partial charge in [-0.1, -0.05) is 30.9 Å². The molecule has 0 unspecified atom stereocenters. The number of halogens is 1. The maximum absolute atomic E-state index is 11.8. The molecule has 0 heterocycles. The van der Waals surface area contributed by atoms with Crippen molar-refractivity contribution in [2.45, 2.75) is 51.0 Å². The molecule has 4 N–H and O–H groups in total. The van der Waals surface area contributed by atoms with Crippen molar-refractivity contribution < 1.29 is 4.79 Å². The first kappa shape index (κ1) is 17.6. The van der Waals surface area contributed by atoms with Gasteiger partial charge in [-0.25, -0.2) is 0 Å². The maximum Gasteiger partial charge on any atom is 0.224 e. The first-order valence-corrected chi connectivity index (χ1v) is 8.63. The lowest BCUT2D eigenvalue weighted by molar-refractivity contribution is -0.116. The Bertz CT molecular complexity index is 524. The van der Waals surface area contributed by atoms with E-state index in [4.69, 9.17) is 17.3 Å². The average Bonchev–Trinajstić information content (AvgIpc) is 2.55. The van der Waals surface area contributed by atoms with Gasteiger partial charge in [-0.05, 0) is 43.5 Å². The first-order chi connectivity index (χ1) is 11.1. The second-order valence-corrected chi connectivity index (χ2v) is 6.34. The highest BCUT2D eigenvalue weighted by Crippen LogP contribution is 2.17. The van der Waals surface area contributed by atoms with Crippen LogP contribution in [0.5, 0.6) is 0 Å². The van der Waals surface area contributed by atoms with E-state index in [1.165, 1.54) is 32.1 Å². The minimum absolute atomic E-state index is 0.0265. The number of amides is 1. The Morgan fingerprint density at radius 2 is 1.91 bits per heavy atom. The SMILES string of the molecule is NC(=NCCCC(=O)Nc1ccc(Cl)cc1)NC1CCCCC1. The Balaban J connectivity index is 1.62. The van der Waals surface area contributed by atoms with E-state index in [1.807, 2.05) is 0 Å².